The minimum absolute atomic E-state index is 0.0299. The Kier molecular flexibility index (Phi) is 4.01. The van der Waals surface area contributed by atoms with Crippen LogP contribution in [-0.2, 0) is 4.74 Å². The van der Waals surface area contributed by atoms with E-state index in [0.29, 0.717) is 11.5 Å². The first-order valence-corrected chi connectivity index (χ1v) is 6.49. The molecule has 0 spiro atoms. The molecule has 18 heavy (non-hydrogen) atoms. The zero-order valence-corrected chi connectivity index (χ0v) is 11.2. The van der Waals surface area contributed by atoms with Crippen LogP contribution in [-0.4, -0.2) is 35.4 Å². The number of carbonyl (C=O) groups is 1. The molecule has 0 bridgehead atoms. The third-order valence-electron chi connectivity index (χ3n) is 3.69. The zero-order chi connectivity index (χ0) is 13.1. The molecule has 0 radical (unpaired) electrons. The van der Waals surface area contributed by atoms with Gasteiger partial charge in [-0.15, -0.1) is 0 Å². The van der Waals surface area contributed by atoms with Gasteiger partial charge in [0.15, 0.2) is 0 Å². The molecule has 1 atom stereocenters. The van der Waals surface area contributed by atoms with Crippen LogP contribution in [0.3, 0.4) is 0 Å². The van der Waals surface area contributed by atoms with Gasteiger partial charge in [-0.2, -0.15) is 5.10 Å². The smallest absolute Gasteiger partial charge is 0.255 e. The summed E-state index contributed by atoms with van der Waals surface area (Å²) in [6.07, 6.45) is 2.04. The molecular formula is C13H21N3O2. The molecule has 2 heterocycles. The molecular weight excluding hydrogens is 230 g/mol. The molecule has 5 nitrogen and oxygen atoms in total. The number of aryl methyl sites for hydroxylation is 2. The highest BCUT2D eigenvalue weighted by molar-refractivity contribution is 5.96. The molecule has 0 aliphatic carbocycles. The molecule has 100 valence electrons. The lowest BCUT2D eigenvalue weighted by Crippen LogP contribution is -2.40. The Morgan fingerprint density at radius 1 is 1.44 bits per heavy atom. The zero-order valence-electron chi connectivity index (χ0n) is 11.2. The number of nitrogens with one attached hydrogen (secondary N) is 2. The Bertz CT molecular complexity index is 402. The van der Waals surface area contributed by atoms with E-state index in [1.165, 1.54) is 0 Å². The second-order valence-corrected chi connectivity index (χ2v) is 5.02. The quantitative estimate of drug-likeness (QED) is 0.857. The lowest BCUT2D eigenvalue weighted by atomic mass is 9.92. The van der Waals surface area contributed by atoms with Crippen LogP contribution in [0.5, 0.6) is 0 Å². The second kappa shape index (κ2) is 5.52. The number of amides is 1. The van der Waals surface area contributed by atoms with Crippen molar-refractivity contribution in [2.45, 2.75) is 39.7 Å². The molecule has 1 aliphatic heterocycles. The predicted molar refractivity (Wildman–Crippen MR) is 68.5 cm³/mol. The molecule has 1 saturated heterocycles. The van der Waals surface area contributed by atoms with E-state index in [0.717, 1.165) is 37.4 Å². The molecule has 0 aromatic carbocycles. The van der Waals surface area contributed by atoms with Gasteiger partial charge in [0.05, 0.1) is 11.3 Å². The van der Waals surface area contributed by atoms with Crippen LogP contribution >= 0.6 is 0 Å². The Balaban J connectivity index is 1.98. The lowest BCUT2D eigenvalue weighted by molar-refractivity contribution is 0.0538. The lowest BCUT2D eigenvalue weighted by Gasteiger charge is -2.28. The normalized spacial score (nSPS) is 18.6. The average molecular weight is 251 g/mol. The molecule has 0 saturated carbocycles. The maximum Gasteiger partial charge on any atom is 0.255 e. The van der Waals surface area contributed by atoms with E-state index in [2.05, 4.69) is 22.4 Å². The maximum absolute atomic E-state index is 12.2. The van der Waals surface area contributed by atoms with Crippen LogP contribution in [0.25, 0.3) is 0 Å². The number of hydrogen-bond acceptors (Lipinski definition) is 3. The van der Waals surface area contributed by atoms with E-state index in [1.54, 1.807) is 0 Å². The second-order valence-electron chi connectivity index (χ2n) is 5.02. The SMILES string of the molecule is Cc1n[nH]c(C)c1C(=O)NC(C)C1CCOCC1. The number of carbonyl (C=O) groups excluding carboxylic acids is 1. The summed E-state index contributed by atoms with van der Waals surface area (Å²) in [5, 5.41) is 9.97. The number of nitrogens with zero attached hydrogens (tertiary/aromatic N) is 1. The van der Waals surface area contributed by atoms with Gasteiger partial charge in [0, 0.05) is 24.9 Å². The highest BCUT2D eigenvalue weighted by Crippen LogP contribution is 2.19. The van der Waals surface area contributed by atoms with Crippen LogP contribution in [0.4, 0.5) is 0 Å². The number of H-pyrrole nitrogens is 1. The molecule has 2 rings (SSSR count). The fourth-order valence-corrected chi connectivity index (χ4v) is 2.50. The van der Waals surface area contributed by atoms with E-state index >= 15 is 0 Å². The summed E-state index contributed by atoms with van der Waals surface area (Å²) >= 11 is 0. The summed E-state index contributed by atoms with van der Waals surface area (Å²) in [5.41, 5.74) is 2.25. The molecule has 1 aromatic rings. The summed E-state index contributed by atoms with van der Waals surface area (Å²) in [7, 11) is 0. The van der Waals surface area contributed by atoms with Crippen LogP contribution in [0, 0.1) is 19.8 Å². The molecule has 1 aromatic heterocycles. The van der Waals surface area contributed by atoms with E-state index < -0.39 is 0 Å². The van der Waals surface area contributed by atoms with Crippen LogP contribution in [0.1, 0.15) is 41.5 Å². The van der Waals surface area contributed by atoms with Crippen LogP contribution in [0.15, 0.2) is 0 Å². The number of aromatic nitrogens is 2. The molecule has 1 aliphatic rings. The van der Waals surface area contributed by atoms with Gasteiger partial charge < -0.3 is 10.1 Å². The summed E-state index contributed by atoms with van der Waals surface area (Å²) < 4.78 is 5.34. The van der Waals surface area contributed by atoms with Crippen LogP contribution in [0.2, 0.25) is 0 Å². The van der Waals surface area contributed by atoms with Crippen molar-refractivity contribution in [3.05, 3.63) is 17.0 Å². The molecule has 5 heteroatoms. The molecule has 1 amide bonds. The van der Waals surface area contributed by atoms with Crippen molar-refractivity contribution in [1.82, 2.24) is 15.5 Å². The highest BCUT2D eigenvalue weighted by atomic mass is 16.5. The minimum Gasteiger partial charge on any atom is -0.381 e. The number of hydrogen-bond donors (Lipinski definition) is 2. The first-order valence-electron chi connectivity index (χ1n) is 6.49. The van der Waals surface area contributed by atoms with Crippen molar-refractivity contribution in [1.29, 1.82) is 0 Å². The van der Waals surface area contributed by atoms with E-state index in [1.807, 2.05) is 13.8 Å². The van der Waals surface area contributed by atoms with E-state index in [4.69, 9.17) is 4.74 Å². The fraction of sp³-hybridized carbons (Fsp3) is 0.692. The van der Waals surface area contributed by atoms with Gasteiger partial charge in [-0.1, -0.05) is 0 Å². The topological polar surface area (TPSA) is 67.0 Å². The first-order chi connectivity index (χ1) is 8.59. The summed E-state index contributed by atoms with van der Waals surface area (Å²) in [6.45, 7) is 7.38. The van der Waals surface area contributed by atoms with Gasteiger partial charge in [-0.25, -0.2) is 0 Å². The monoisotopic (exact) mass is 251 g/mol. The van der Waals surface area contributed by atoms with Gasteiger partial charge in [-0.3, -0.25) is 9.89 Å². The standard InChI is InChI=1S/C13H21N3O2/c1-8(11-4-6-18-7-5-11)14-13(17)12-9(2)15-16-10(12)3/h8,11H,4-7H2,1-3H3,(H,14,17)(H,15,16). The third kappa shape index (κ3) is 2.72. The van der Waals surface area contributed by atoms with Crippen molar-refractivity contribution in [3.63, 3.8) is 0 Å². The maximum atomic E-state index is 12.2. The molecule has 1 fully saturated rings. The van der Waals surface area contributed by atoms with Crippen molar-refractivity contribution in [2.75, 3.05) is 13.2 Å². The summed E-state index contributed by atoms with van der Waals surface area (Å²) in [4.78, 5) is 12.2. The highest BCUT2D eigenvalue weighted by Gasteiger charge is 2.24. The van der Waals surface area contributed by atoms with Crippen molar-refractivity contribution in [2.24, 2.45) is 5.92 Å². The largest absolute Gasteiger partial charge is 0.381 e. The van der Waals surface area contributed by atoms with Gasteiger partial charge in [0.2, 0.25) is 0 Å². The number of rotatable bonds is 3. The first kappa shape index (κ1) is 13.1. The number of aromatic amines is 1. The van der Waals surface area contributed by atoms with Crippen molar-refractivity contribution in [3.8, 4) is 0 Å². The fourth-order valence-electron chi connectivity index (χ4n) is 2.50. The Morgan fingerprint density at radius 2 is 2.11 bits per heavy atom. The minimum atomic E-state index is -0.0299. The predicted octanol–water partition coefficient (Wildman–Crippen LogP) is 1.57. The van der Waals surface area contributed by atoms with E-state index in [9.17, 15) is 4.79 Å². The summed E-state index contributed by atoms with van der Waals surface area (Å²) in [6, 6.07) is 0.176. The Labute approximate surface area is 107 Å². The Morgan fingerprint density at radius 3 is 2.67 bits per heavy atom. The average Bonchev–Trinajstić information content (AvgIpc) is 2.70. The van der Waals surface area contributed by atoms with Gasteiger partial charge in [0.25, 0.3) is 5.91 Å². The van der Waals surface area contributed by atoms with Crippen molar-refractivity contribution < 1.29 is 9.53 Å². The Hall–Kier alpha value is -1.36. The van der Waals surface area contributed by atoms with Gasteiger partial charge in [0.1, 0.15) is 0 Å². The van der Waals surface area contributed by atoms with Crippen LogP contribution < -0.4 is 5.32 Å². The van der Waals surface area contributed by atoms with E-state index in [-0.39, 0.29) is 11.9 Å². The van der Waals surface area contributed by atoms with Gasteiger partial charge in [-0.05, 0) is 39.5 Å². The molecule has 1 unspecified atom stereocenters. The summed E-state index contributed by atoms with van der Waals surface area (Å²) in [5.74, 6) is 0.480. The van der Waals surface area contributed by atoms with Crippen molar-refractivity contribution >= 4 is 5.91 Å². The van der Waals surface area contributed by atoms with Gasteiger partial charge >= 0.3 is 0 Å². The third-order valence-corrected chi connectivity index (χ3v) is 3.69. The molecule has 2 N–H and O–H groups in total. The number of ether oxygens (including phenoxy) is 1.